The third-order valence-electron chi connectivity index (χ3n) is 4.86. The number of nitrogens with zero attached hydrogens (tertiary/aromatic N) is 3. The van der Waals surface area contributed by atoms with Gasteiger partial charge in [0.2, 0.25) is 5.88 Å². The molecule has 1 aromatic carbocycles. The number of rotatable bonds is 3. The fourth-order valence-corrected chi connectivity index (χ4v) is 5.24. The second kappa shape index (κ2) is 7.41. The fraction of sp³-hybridized carbons (Fsp3) is 0.316. The van der Waals surface area contributed by atoms with Crippen LogP contribution in [-0.2, 0) is 9.84 Å². The van der Waals surface area contributed by atoms with Crippen molar-refractivity contribution in [3.05, 3.63) is 55.8 Å². The Hall–Kier alpha value is -2.63. The molecule has 0 radical (unpaired) electrons. The van der Waals surface area contributed by atoms with Gasteiger partial charge in [0.25, 0.3) is 5.56 Å². The van der Waals surface area contributed by atoms with Gasteiger partial charge in [0.1, 0.15) is 11.6 Å². The van der Waals surface area contributed by atoms with E-state index in [0.717, 1.165) is 10.1 Å². The van der Waals surface area contributed by atoms with E-state index in [2.05, 4.69) is 4.99 Å². The van der Waals surface area contributed by atoms with Crippen LogP contribution < -0.4 is 5.56 Å². The van der Waals surface area contributed by atoms with Crippen molar-refractivity contribution in [2.24, 2.45) is 4.99 Å². The predicted octanol–water partition coefficient (Wildman–Crippen LogP) is 2.81. The Morgan fingerprint density at radius 3 is 2.68 bits per heavy atom. The van der Waals surface area contributed by atoms with E-state index >= 15 is 0 Å². The van der Waals surface area contributed by atoms with Crippen LogP contribution in [0.4, 0.5) is 5.69 Å². The van der Waals surface area contributed by atoms with Crippen LogP contribution in [0.25, 0.3) is 0 Å². The summed E-state index contributed by atoms with van der Waals surface area (Å²) in [6, 6.07) is 6.28. The Bertz CT molecular complexity index is 1190. The van der Waals surface area contributed by atoms with Crippen molar-refractivity contribution in [2.45, 2.75) is 26.3 Å². The maximum atomic E-state index is 12.7. The number of aromatic hydroxyl groups is 1. The van der Waals surface area contributed by atoms with Crippen LogP contribution in [0.1, 0.15) is 34.7 Å². The minimum atomic E-state index is -3.28. The molecule has 2 heterocycles. The molecule has 1 aliphatic rings. The van der Waals surface area contributed by atoms with E-state index in [4.69, 9.17) is 11.6 Å². The summed E-state index contributed by atoms with van der Waals surface area (Å²) in [5, 5.41) is 20.7. The molecule has 0 amide bonds. The first kappa shape index (κ1) is 20.1. The minimum Gasteiger partial charge on any atom is -0.494 e. The number of sulfone groups is 1. The molecule has 0 bridgehead atoms. The summed E-state index contributed by atoms with van der Waals surface area (Å²) in [6.45, 7) is 3.38. The van der Waals surface area contributed by atoms with Crippen molar-refractivity contribution in [1.29, 1.82) is 5.26 Å². The van der Waals surface area contributed by atoms with E-state index in [9.17, 15) is 23.6 Å². The first-order valence-corrected chi connectivity index (χ1v) is 10.7. The van der Waals surface area contributed by atoms with E-state index in [-0.39, 0.29) is 40.5 Å². The molecule has 3 rings (SSSR count). The Kier molecular flexibility index (Phi) is 5.33. The van der Waals surface area contributed by atoms with Gasteiger partial charge in [-0.1, -0.05) is 11.6 Å². The Balaban J connectivity index is 2.16. The number of aryl methyl sites for hydroxylation is 1. The van der Waals surface area contributed by atoms with E-state index < -0.39 is 21.4 Å². The maximum absolute atomic E-state index is 12.7. The van der Waals surface area contributed by atoms with Gasteiger partial charge in [0.05, 0.1) is 28.8 Å². The second-order valence-corrected chi connectivity index (χ2v) is 9.44. The van der Waals surface area contributed by atoms with E-state index in [0.29, 0.717) is 10.7 Å². The largest absolute Gasteiger partial charge is 0.494 e. The highest BCUT2D eigenvalue weighted by atomic mass is 35.5. The van der Waals surface area contributed by atoms with Crippen LogP contribution in [0.15, 0.2) is 28.0 Å². The molecule has 28 heavy (non-hydrogen) atoms. The number of nitriles is 1. The van der Waals surface area contributed by atoms with Gasteiger partial charge in [-0.05, 0) is 49.6 Å². The van der Waals surface area contributed by atoms with Crippen molar-refractivity contribution in [3.8, 4) is 11.9 Å². The number of hydrogen-bond donors (Lipinski definition) is 1. The Labute approximate surface area is 167 Å². The lowest BCUT2D eigenvalue weighted by Crippen LogP contribution is -2.29. The quantitative estimate of drug-likeness (QED) is 0.768. The van der Waals surface area contributed by atoms with Gasteiger partial charge in [0.15, 0.2) is 9.84 Å². The standard InChI is InChI=1S/C19H18ClN3O4S/c1-11-7-13(20)3-4-17(11)22-9-16-12(2)15(8-21)18(24)23(19(16)25)14-5-6-28(26,27)10-14/h3-4,7,9,14,25H,5-6,10H2,1-2H3/t14-/m0/s1. The lowest BCUT2D eigenvalue weighted by molar-refractivity contribution is 0.379. The van der Waals surface area contributed by atoms with Gasteiger partial charge in [0, 0.05) is 11.2 Å². The van der Waals surface area contributed by atoms with Gasteiger partial charge < -0.3 is 5.11 Å². The summed E-state index contributed by atoms with van der Waals surface area (Å²) in [7, 11) is -3.28. The fourth-order valence-electron chi connectivity index (χ4n) is 3.31. The molecule has 0 spiro atoms. The molecular weight excluding hydrogens is 402 g/mol. The summed E-state index contributed by atoms with van der Waals surface area (Å²) in [5.41, 5.74) is 1.09. The molecule has 2 aromatic rings. The molecular formula is C19H18ClN3O4S. The lowest BCUT2D eigenvalue weighted by Gasteiger charge is -2.18. The number of aliphatic imine (C=N–C) groups is 1. The van der Waals surface area contributed by atoms with Gasteiger partial charge in [-0.2, -0.15) is 5.26 Å². The first-order valence-electron chi connectivity index (χ1n) is 8.53. The van der Waals surface area contributed by atoms with Crippen LogP contribution in [-0.4, -0.2) is 35.8 Å². The highest BCUT2D eigenvalue weighted by molar-refractivity contribution is 7.91. The van der Waals surface area contributed by atoms with Gasteiger partial charge in [-0.15, -0.1) is 0 Å². The molecule has 0 aliphatic carbocycles. The lowest BCUT2D eigenvalue weighted by atomic mass is 10.0. The molecule has 9 heteroatoms. The van der Waals surface area contributed by atoms with Crippen molar-refractivity contribution in [2.75, 3.05) is 11.5 Å². The molecule has 0 saturated carbocycles. The number of benzene rings is 1. The van der Waals surface area contributed by atoms with Crippen LogP contribution in [0.3, 0.4) is 0 Å². The summed E-state index contributed by atoms with van der Waals surface area (Å²) in [6.07, 6.45) is 1.58. The monoisotopic (exact) mass is 419 g/mol. The third kappa shape index (κ3) is 3.68. The molecule has 7 nitrogen and oxygen atoms in total. The molecule has 1 N–H and O–H groups in total. The van der Waals surface area contributed by atoms with Crippen LogP contribution >= 0.6 is 11.6 Å². The Morgan fingerprint density at radius 2 is 2.11 bits per heavy atom. The van der Waals surface area contributed by atoms with Crippen molar-refractivity contribution < 1.29 is 13.5 Å². The zero-order valence-electron chi connectivity index (χ0n) is 15.3. The number of aromatic nitrogens is 1. The van der Waals surface area contributed by atoms with Gasteiger partial charge in [-0.25, -0.2) is 8.42 Å². The number of halogens is 1. The van der Waals surface area contributed by atoms with E-state index in [1.165, 1.54) is 6.21 Å². The summed E-state index contributed by atoms with van der Waals surface area (Å²) < 4.78 is 24.6. The third-order valence-corrected chi connectivity index (χ3v) is 6.84. The smallest absolute Gasteiger partial charge is 0.271 e. The maximum Gasteiger partial charge on any atom is 0.271 e. The first-order chi connectivity index (χ1) is 13.1. The zero-order chi connectivity index (χ0) is 20.6. The van der Waals surface area contributed by atoms with E-state index in [1.54, 1.807) is 25.1 Å². The molecule has 1 aliphatic heterocycles. The average molecular weight is 420 g/mol. The zero-order valence-corrected chi connectivity index (χ0v) is 16.9. The van der Waals surface area contributed by atoms with Crippen molar-refractivity contribution >= 4 is 33.3 Å². The average Bonchev–Trinajstić information content (AvgIpc) is 2.96. The SMILES string of the molecule is Cc1cc(Cl)ccc1N=Cc1c(C)c(C#N)c(=O)n([C@H]2CCS(=O)(=O)C2)c1O. The summed E-state index contributed by atoms with van der Waals surface area (Å²) in [4.78, 5) is 17.0. The predicted molar refractivity (Wildman–Crippen MR) is 108 cm³/mol. The van der Waals surface area contributed by atoms with Gasteiger partial charge in [-0.3, -0.25) is 14.4 Å². The molecule has 0 unspecified atom stereocenters. The van der Waals surface area contributed by atoms with Crippen molar-refractivity contribution in [3.63, 3.8) is 0 Å². The van der Waals surface area contributed by atoms with Crippen LogP contribution in [0, 0.1) is 25.2 Å². The summed E-state index contributed by atoms with van der Waals surface area (Å²) in [5.74, 6) is -0.701. The topological polar surface area (TPSA) is 113 Å². The van der Waals surface area contributed by atoms with E-state index in [1.807, 2.05) is 13.0 Å². The molecule has 146 valence electrons. The number of hydrogen-bond acceptors (Lipinski definition) is 6. The normalized spacial score (nSPS) is 18.4. The highest BCUT2D eigenvalue weighted by Gasteiger charge is 2.33. The molecule has 1 aromatic heterocycles. The second-order valence-electron chi connectivity index (χ2n) is 6.77. The van der Waals surface area contributed by atoms with Crippen LogP contribution in [0.2, 0.25) is 5.02 Å². The number of pyridine rings is 1. The van der Waals surface area contributed by atoms with Crippen molar-refractivity contribution in [1.82, 2.24) is 4.57 Å². The summed E-state index contributed by atoms with van der Waals surface area (Å²) >= 11 is 5.94. The minimum absolute atomic E-state index is 0.0628. The van der Waals surface area contributed by atoms with Crippen LogP contribution in [0.5, 0.6) is 5.88 Å². The molecule has 1 saturated heterocycles. The molecule has 1 fully saturated rings. The molecule has 1 atom stereocenters. The Morgan fingerprint density at radius 1 is 1.39 bits per heavy atom. The highest BCUT2D eigenvalue weighted by Crippen LogP contribution is 2.30. The van der Waals surface area contributed by atoms with Gasteiger partial charge >= 0.3 is 0 Å².